The summed E-state index contributed by atoms with van der Waals surface area (Å²) in [5.41, 5.74) is 4.62. The lowest BCUT2D eigenvalue weighted by molar-refractivity contribution is 0.101. The molecule has 1 aliphatic heterocycles. The predicted octanol–water partition coefficient (Wildman–Crippen LogP) is 4.34. The number of aromatic nitrogens is 2. The van der Waals surface area contributed by atoms with Crippen molar-refractivity contribution in [1.82, 2.24) is 9.38 Å². The number of hydrogen-bond acceptors (Lipinski definition) is 5. The van der Waals surface area contributed by atoms with Crippen LogP contribution >= 0.6 is 0 Å². The number of benzene rings is 2. The van der Waals surface area contributed by atoms with Crippen LogP contribution in [0.25, 0.3) is 16.9 Å². The van der Waals surface area contributed by atoms with Gasteiger partial charge >= 0.3 is 0 Å². The van der Waals surface area contributed by atoms with Gasteiger partial charge in [0.25, 0.3) is 5.91 Å². The number of rotatable bonds is 4. The number of imidazole rings is 1. The third-order valence-electron chi connectivity index (χ3n) is 5.23. The number of hydrogen-bond donors (Lipinski definition) is 1. The van der Waals surface area contributed by atoms with Crippen LogP contribution < -0.4 is 19.5 Å². The summed E-state index contributed by atoms with van der Waals surface area (Å²) in [5, 5.41) is 2.95. The van der Waals surface area contributed by atoms with E-state index in [0.29, 0.717) is 41.7 Å². The average molecular weight is 415 g/mol. The molecule has 156 valence electrons. The van der Waals surface area contributed by atoms with Gasteiger partial charge in [0, 0.05) is 18.0 Å². The number of carbonyl (C=O) groups excluding carboxylic acids is 1. The normalized spacial score (nSPS) is 12.6. The van der Waals surface area contributed by atoms with Crippen molar-refractivity contribution in [2.24, 2.45) is 0 Å². The van der Waals surface area contributed by atoms with Crippen molar-refractivity contribution in [2.45, 2.75) is 6.92 Å². The summed E-state index contributed by atoms with van der Waals surface area (Å²) in [6.45, 7) is 2.90. The Labute approximate surface area is 179 Å². The van der Waals surface area contributed by atoms with Crippen LogP contribution in [-0.4, -0.2) is 35.6 Å². The molecule has 0 fully saturated rings. The number of fused-ring (bicyclic) bond motifs is 2. The van der Waals surface area contributed by atoms with Crippen molar-refractivity contribution in [3.05, 3.63) is 72.1 Å². The highest BCUT2D eigenvalue weighted by Gasteiger charge is 2.21. The number of para-hydroxylation sites is 1. The Bertz CT molecular complexity index is 1300. The molecule has 7 nitrogen and oxygen atoms in total. The Balaban J connectivity index is 1.50. The molecule has 7 heteroatoms. The van der Waals surface area contributed by atoms with E-state index in [1.165, 1.54) is 0 Å². The van der Waals surface area contributed by atoms with E-state index >= 15 is 0 Å². The minimum absolute atomic E-state index is 0.302. The Morgan fingerprint density at radius 3 is 2.84 bits per heavy atom. The summed E-state index contributed by atoms with van der Waals surface area (Å²) in [4.78, 5) is 17.8. The van der Waals surface area contributed by atoms with E-state index < -0.39 is 0 Å². The molecule has 1 N–H and O–H groups in total. The average Bonchev–Trinajstić information content (AvgIpc) is 3.24. The molecule has 5 rings (SSSR count). The van der Waals surface area contributed by atoms with Crippen molar-refractivity contribution >= 4 is 17.2 Å². The van der Waals surface area contributed by atoms with Gasteiger partial charge in [-0.3, -0.25) is 4.79 Å². The number of aryl methyl sites for hydroxylation is 1. The number of nitrogens with one attached hydrogen (secondary N) is 1. The SMILES string of the molecule is COc1ccc(-c2cn3cccc(C)c3n2)cc1NC(=O)c1cccc2c1OCCO2. The first-order valence-electron chi connectivity index (χ1n) is 9.97. The van der Waals surface area contributed by atoms with Crippen molar-refractivity contribution < 1.29 is 19.0 Å². The zero-order valence-electron chi connectivity index (χ0n) is 17.2. The van der Waals surface area contributed by atoms with Crippen LogP contribution in [0.1, 0.15) is 15.9 Å². The number of anilines is 1. The van der Waals surface area contributed by atoms with Crippen LogP contribution in [0.3, 0.4) is 0 Å². The third kappa shape index (κ3) is 3.44. The Morgan fingerprint density at radius 1 is 1.13 bits per heavy atom. The fourth-order valence-corrected chi connectivity index (χ4v) is 3.70. The van der Waals surface area contributed by atoms with E-state index in [1.807, 2.05) is 54.0 Å². The van der Waals surface area contributed by atoms with Crippen LogP contribution in [0.4, 0.5) is 5.69 Å². The molecule has 1 aliphatic rings. The summed E-state index contributed by atoms with van der Waals surface area (Å²) in [7, 11) is 1.57. The third-order valence-corrected chi connectivity index (χ3v) is 5.23. The maximum absolute atomic E-state index is 13.1. The molecule has 0 bridgehead atoms. The molecule has 2 aromatic carbocycles. The standard InChI is InChI=1S/C24H21N3O4/c1-15-5-4-10-27-14-19(25-23(15)27)16-8-9-20(29-2)18(13-16)26-24(28)17-6-3-7-21-22(17)31-12-11-30-21/h3-10,13-14H,11-12H2,1-2H3,(H,26,28). The maximum Gasteiger partial charge on any atom is 0.259 e. The smallest absolute Gasteiger partial charge is 0.259 e. The second-order valence-corrected chi connectivity index (χ2v) is 7.25. The quantitative estimate of drug-likeness (QED) is 0.537. The molecule has 0 saturated heterocycles. The van der Waals surface area contributed by atoms with E-state index in [-0.39, 0.29) is 5.91 Å². The lowest BCUT2D eigenvalue weighted by atomic mass is 10.1. The van der Waals surface area contributed by atoms with Gasteiger partial charge in [-0.05, 0) is 48.9 Å². The van der Waals surface area contributed by atoms with Gasteiger partial charge in [0.1, 0.15) is 24.6 Å². The number of carbonyl (C=O) groups is 1. The first kappa shape index (κ1) is 19.0. The van der Waals surface area contributed by atoms with Gasteiger partial charge < -0.3 is 23.9 Å². The van der Waals surface area contributed by atoms with Gasteiger partial charge in [0.2, 0.25) is 0 Å². The predicted molar refractivity (Wildman–Crippen MR) is 117 cm³/mol. The van der Waals surface area contributed by atoms with Crippen LogP contribution in [0.2, 0.25) is 0 Å². The molecule has 2 aromatic heterocycles. The molecule has 0 unspecified atom stereocenters. The van der Waals surface area contributed by atoms with Gasteiger partial charge in [-0.15, -0.1) is 0 Å². The zero-order valence-corrected chi connectivity index (χ0v) is 17.2. The number of ether oxygens (including phenoxy) is 3. The highest BCUT2D eigenvalue weighted by molar-refractivity contribution is 6.07. The Hall–Kier alpha value is -4.00. The van der Waals surface area contributed by atoms with E-state index in [1.54, 1.807) is 25.3 Å². The number of amides is 1. The van der Waals surface area contributed by atoms with Gasteiger partial charge in [-0.1, -0.05) is 12.1 Å². The largest absolute Gasteiger partial charge is 0.495 e. The second kappa shape index (κ2) is 7.68. The molecule has 1 amide bonds. The van der Waals surface area contributed by atoms with E-state index in [9.17, 15) is 4.79 Å². The summed E-state index contributed by atoms with van der Waals surface area (Å²) in [5.74, 6) is 1.28. The lowest BCUT2D eigenvalue weighted by Gasteiger charge is -2.20. The molecule has 0 spiro atoms. The van der Waals surface area contributed by atoms with Crippen molar-refractivity contribution in [3.8, 4) is 28.5 Å². The Kier molecular flexibility index (Phi) is 4.71. The maximum atomic E-state index is 13.1. The number of nitrogens with zero attached hydrogens (tertiary/aromatic N) is 2. The molecule has 0 aliphatic carbocycles. The summed E-state index contributed by atoms with van der Waals surface area (Å²) < 4.78 is 18.7. The molecular weight excluding hydrogens is 394 g/mol. The van der Waals surface area contributed by atoms with Crippen molar-refractivity contribution in [1.29, 1.82) is 0 Å². The van der Waals surface area contributed by atoms with Crippen molar-refractivity contribution in [3.63, 3.8) is 0 Å². The summed E-state index contributed by atoms with van der Waals surface area (Å²) in [6.07, 6.45) is 3.93. The molecule has 3 heterocycles. The highest BCUT2D eigenvalue weighted by Crippen LogP contribution is 2.35. The monoisotopic (exact) mass is 415 g/mol. The molecule has 0 saturated carbocycles. The van der Waals surface area contributed by atoms with Gasteiger partial charge in [0.05, 0.1) is 24.1 Å². The number of methoxy groups -OCH3 is 1. The number of pyridine rings is 1. The topological polar surface area (TPSA) is 74.1 Å². The minimum atomic E-state index is -0.302. The minimum Gasteiger partial charge on any atom is -0.495 e. The summed E-state index contributed by atoms with van der Waals surface area (Å²) >= 11 is 0. The van der Waals surface area contributed by atoms with E-state index in [2.05, 4.69) is 5.32 Å². The van der Waals surface area contributed by atoms with Gasteiger partial charge in [-0.25, -0.2) is 4.98 Å². The van der Waals surface area contributed by atoms with E-state index in [4.69, 9.17) is 19.2 Å². The second-order valence-electron chi connectivity index (χ2n) is 7.25. The van der Waals surface area contributed by atoms with Crippen LogP contribution in [0.5, 0.6) is 17.2 Å². The van der Waals surface area contributed by atoms with Gasteiger partial charge in [0.15, 0.2) is 11.5 Å². The first-order chi connectivity index (χ1) is 15.1. The zero-order chi connectivity index (χ0) is 21.4. The van der Waals surface area contributed by atoms with E-state index in [0.717, 1.165) is 22.5 Å². The Morgan fingerprint density at radius 2 is 2.00 bits per heavy atom. The molecule has 4 aromatic rings. The molecular formula is C24H21N3O4. The first-order valence-corrected chi connectivity index (χ1v) is 9.97. The summed E-state index contributed by atoms with van der Waals surface area (Å²) in [6, 6.07) is 14.9. The van der Waals surface area contributed by atoms with Crippen molar-refractivity contribution in [2.75, 3.05) is 25.6 Å². The van der Waals surface area contributed by atoms with Gasteiger partial charge in [-0.2, -0.15) is 0 Å². The van der Waals surface area contributed by atoms with Crippen LogP contribution in [0.15, 0.2) is 60.9 Å². The lowest BCUT2D eigenvalue weighted by Crippen LogP contribution is -2.20. The van der Waals surface area contributed by atoms with Crippen LogP contribution in [-0.2, 0) is 0 Å². The highest BCUT2D eigenvalue weighted by atomic mass is 16.6. The van der Waals surface area contributed by atoms with Crippen LogP contribution in [0, 0.1) is 6.92 Å². The molecule has 31 heavy (non-hydrogen) atoms. The fraction of sp³-hybridized carbons (Fsp3) is 0.167. The molecule has 0 atom stereocenters. The fourth-order valence-electron chi connectivity index (χ4n) is 3.70. The molecule has 0 radical (unpaired) electrons.